The third kappa shape index (κ3) is 3.81. The number of aromatic nitrogens is 2. The van der Waals surface area contributed by atoms with Crippen LogP contribution in [0.3, 0.4) is 0 Å². The zero-order valence-electron chi connectivity index (χ0n) is 12.3. The van der Waals surface area contributed by atoms with Gasteiger partial charge in [0, 0.05) is 13.0 Å². The summed E-state index contributed by atoms with van der Waals surface area (Å²) in [6, 6.07) is 7.72. The van der Waals surface area contributed by atoms with Gasteiger partial charge in [0.2, 0.25) is 5.91 Å². The van der Waals surface area contributed by atoms with Crippen LogP contribution in [-0.2, 0) is 20.9 Å². The fourth-order valence-corrected chi connectivity index (χ4v) is 2.16. The first-order valence-corrected chi connectivity index (χ1v) is 6.87. The van der Waals surface area contributed by atoms with Crippen LogP contribution in [0.15, 0.2) is 24.3 Å². The van der Waals surface area contributed by atoms with E-state index in [-0.39, 0.29) is 18.4 Å². The van der Waals surface area contributed by atoms with Crippen molar-refractivity contribution < 1.29 is 14.3 Å². The predicted octanol–water partition coefficient (Wildman–Crippen LogP) is 1.41. The number of rotatable bonds is 6. The Morgan fingerprint density at radius 3 is 2.86 bits per heavy atom. The Bertz CT molecular complexity index is 649. The normalized spacial score (nSPS) is 10.6. The number of ether oxygens (including phenoxy) is 1. The fourth-order valence-electron chi connectivity index (χ4n) is 2.16. The Morgan fingerprint density at radius 2 is 2.10 bits per heavy atom. The van der Waals surface area contributed by atoms with Crippen LogP contribution in [0, 0.1) is 6.92 Å². The Morgan fingerprint density at radius 1 is 1.33 bits per heavy atom. The lowest BCUT2D eigenvalue weighted by Crippen LogP contribution is -2.29. The number of amides is 1. The lowest BCUT2D eigenvalue weighted by Gasteiger charge is -2.08. The van der Waals surface area contributed by atoms with Crippen LogP contribution in [0.5, 0.6) is 0 Å². The SMILES string of the molecule is COC(=O)CCCNC(=O)Cn1c(C)nc2ccccc21. The second-order valence-corrected chi connectivity index (χ2v) is 4.76. The number of aryl methyl sites for hydroxylation is 1. The lowest BCUT2D eigenvalue weighted by molar-refractivity contribution is -0.140. The molecule has 2 rings (SSSR count). The van der Waals surface area contributed by atoms with E-state index >= 15 is 0 Å². The van der Waals surface area contributed by atoms with Gasteiger partial charge in [0.05, 0.1) is 18.1 Å². The van der Waals surface area contributed by atoms with Crippen molar-refractivity contribution in [1.29, 1.82) is 0 Å². The molecule has 6 nitrogen and oxygen atoms in total. The number of para-hydroxylation sites is 2. The molecular formula is C15H19N3O3. The van der Waals surface area contributed by atoms with Crippen molar-refractivity contribution >= 4 is 22.9 Å². The molecule has 0 aliphatic carbocycles. The molecule has 0 spiro atoms. The fraction of sp³-hybridized carbons (Fsp3) is 0.400. The van der Waals surface area contributed by atoms with Crippen LogP contribution in [-0.4, -0.2) is 35.1 Å². The molecule has 1 amide bonds. The summed E-state index contributed by atoms with van der Waals surface area (Å²) in [6.45, 7) is 2.56. The Labute approximate surface area is 123 Å². The summed E-state index contributed by atoms with van der Waals surface area (Å²) < 4.78 is 6.42. The van der Waals surface area contributed by atoms with Gasteiger partial charge < -0.3 is 14.6 Å². The molecule has 112 valence electrons. The summed E-state index contributed by atoms with van der Waals surface area (Å²) in [5, 5.41) is 2.80. The van der Waals surface area contributed by atoms with E-state index < -0.39 is 0 Å². The van der Waals surface area contributed by atoms with Crippen molar-refractivity contribution in [1.82, 2.24) is 14.9 Å². The predicted molar refractivity (Wildman–Crippen MR) is 78.7 cm³/mol. The minimum atomic E-state index is -0.263. The zero-order valence-corrected chi connectivity index (χ0v) is 12.3. The summed E-state index contributed by atoms with van der Waals surface area (Å²) in [4.78, 5) is 27.3. The van der Waals surface area contributed by atoms with E-state index in [2.05, 4.69) is 15.0 Å². The maximum absolute atomic E-state index is 11.9. The molecule has 0 radical (unpaired) electrons. The average Bonchev–Trinajstić information content (AvgIpc) is 2.79. The van der Waals surface area contributed by atoms with Gasteiger partial charge in [-0.05, 0) is 25.5 Å². The van der Waals surface area contributed by atoms with Crippen LogP contribution >= 0.6 is 0 Å². The second kappa shape index (κ2) is 6.88. The largest absolute Gasteiger partial charge is 0.469 e. The first-order valence-electron chi connectivity index (χ1n) is 6.87. The molecule has 0 atom stereocenters. The highest BCUT2D eigenvalue weighted by Gasteiger charge is 2.10. The number of benzene rings is 1. The third-order valence-corrected chi connectivity index (χ3v) is 3.25. The monoisotopic (exact) mass is 289 g/mol. The quantitative estimate of drug-likeness (QED) is 0.644. The molecule has 0 bridgehead atoms. The lowest BCUT2D eigenvalue weighted by atomic mass is 10.3. The van der Waals surface area contributed by atoms with Crippen LogP contribution in [0.1, 0.15) is 18.7 Å². The molecule has 1 heterocycles. The number of hydrogen-bond acceptors (Lipinski definition) is 4. The molecule has 1 N–H and O–H groups in total. The molecule has 1 aromatic heterocycles. The van der Waals surface area contributed by atoms with Crippen LogP contribution in [0.2, 0.25) is 0 Å². The summed E-state index contributed by atoms with van der Waals surface area (Å²) in [5.41, 5.74) is 1.83. The molecule has 0 saturated carbocycles. The molecule has 0 saturated heterocycles. The van der Waals surface area contributed by atoms with Gasteiger partial charge in [0.25, 0.3) is 0 Å². The van der Waals surface area contributed by atoms with Gasteiger partial charge in [-0.15, -0.1) is 0 Å². The van der Waals surface area contributed by atoms with Gasteiger partial charge in [-0.2, -0.15) is 0 Å². The van der Waals surface area contributed by atoms with Gasteiger partial charge >= 0.3 is 5.97 Å². The summed E-state index contributed by atoms with van der Waals surface area (Å²) >= 11 is 0. The maximum Gasteiger partial charge on any atom is 0.305 e. The number of esters is 1. The Balaban J connectivity index is 1.90. The highest BCUT2D eigenvalue weighted by molar-refractivity contribution is 5.81. The van der Waals surface area contributed by atoms with Gasteiger partial charge in [0.1, 0.15) is 12.4 Å². The molecule has 1 aromatic carbocycles. The van der Waals surface area contributed by atoms with Crippen molar-refractivity contribution in [2.24, 2.45) is 0 Å². The second-order valence-electron chi connectivity index (χ2n) is 4.76. The van der Waals surface area contributed by atoms with E-state index in [0.717, 1.165) is 16.9 Å². The molecule has 2 aromatic rings. The van der Waals surface area contributed by atoms with E-state index in [1.54, 1.807) is 0 Å². The number of nitrogens with one attached hydrogen (secondary N) is 1. The number of imidazole rings is 1. The molecule has 0 aliphatic heterocycles. The first-order chi connectivity index (χ1) is 10.1. The highest BCUT2D eigenvalue weighted by atomic mass is 16.5. The maximum atomic E-state index is 11.9. The van der Waals surface area contributed by atoms with Gasteiger partial charge in [-0.3, -0.25) is 9.59 Å². The van der Waals surface area contributed by atoms with E-state index in [4.69, 9.17) is 0 Å². The van der Waals surface area contributed by atoms with Crippen molar-refractivity contribution in [2.45, 2.75) is 26.3 Å². The summed E-state index contributed by atoms with van der Waals surface area (Å²) in [5.74, 6) is 0.452. The van der Waals surface area contributed by atoms with Gasteiger partial charge in [0.15, 0.2) is 0 Å². The van der Waals surface area contributed by atoms with Gasteiger partial charge in [-0.25, -0.2) is 4.98 Å². The Hall–Kier alpha value is -2.37. The number of carbonyl (C=O) groups excluding carboxylic acids is 2. The first kappa shape index (κ1) is 15.0. The summed E-state index contributed by atoms with van der Waals surface area (Å²) in [7, 11) is 1.36. The third-order valence-electron chi connectivity index (χ3n) is 3.25. The van der Waals surface area contributed by atoms with Crippen molar-refractivity contribution in [2.75, 3.05) is 13.7 Å². The van der Waals surface area contributed by atoms with Crippen LogP contribution in [0.4, 0.5) is 0 Å². The Kier molecular flexibility index (Phi) is 4.92. The van der Waals surface area contributed by atoms with E-state index in [9.17, 15) is 9.59 Å². The highest BCUT2D eigenvalue weighted by Crippen LogP contribution is 2.14. The van der Waals surface area contributed by atoms with Crippen molar-refractivity contribution in [3.63, 3.8) is 0 Å². The van der Waals surface area contributed by atoms with E-state index in [1.807, 2.05) is 35.8 Å². The van der Waals surface area contributed by atoms with E-state index in [0.29, 0.717) is 19.4 Å². The smallest absolute Gasteiger partial charge is 0.305 e. The molecule has 0 aliphatic rings. The standard InChI is InChI=1S/C15H19N3O3/c1-11-17-12-6-3-4-7-13(12)18(11)10-14(19)16-9-5-8-15(20)21-2/h3-4,6-7H,5,8-10H2,1-2H3,(H,16,19). The molecule has 6 heteroatoms. The average molecular weight is 289 g/mol. The number of carbonyl (C=O) groups is 2. The minimum Gasteiger partial charge on any atom is -0.469 e. The number of nitrogens with zero attached hydrogens (tertiary/aromatic N) is 2. The van der Waals surface area contributed by atoms with Crippen molar-refractivity contribution in [3.05, 3.63) is 30.1 Å². The minimum absolute atomic E-state index is 0.0916. The molecular weight excluding hydrogens is 270 g/mol. The molecule has 0 fully saturated rings. The number of fused-ring (bicyclic) bond motifs is 1. The zero-order chi connectivity index (χ0) is 15.2. The molecule has 21 heavy (non-hydrogen) atoms. The van der Waals surface area contributed by atoms with Gasteiger partial charge in [-0.1, -0.05) is 12.1 Å². The van der Waals surface area contributed by atoms with Crippen LogP contribution in [0.25, 0.3) is 11.0 Å². The number of methoxy groups -OCH3 is 1. The van der Waals surface area contributed by atoms with Crippen molar-refractivity contribution in [3.8, 4) is 0 Å². The summed E-state index contributed by atoms with van der Waals surface area (Å²) in [6.07, 6.45) is 0.881. The van der Waals surface area contributed by atoms with E-state index in [1.165, 1.54) is 7.11 Å². The van der Waals surface area contributed by atoms with Crippen LogP contribution < -0.4 is 5.32 Å². The molecule has 0 unspecified atom stereocenters. The topological polar surface area (TPSA) is 73.2 Å². The number of hydrogen-bond donors (Lipinski definition) is 1.